The van der Waals surface area contributed by atoms with Crippen LogP contribution in [-0.2, 0) is 11.2 Å². The average Bonchev–Trinajstić information content (AvgIpc) is 2.80. The van der Waals surface area contributed by atoms with Crippen molar-refractivity contribution in [2.24, 2.45) is 5.10 Å². The molecule has 1 aromatic rings. The molecule has 1 N–H and O–H groups in total. The lowest BCUT2D eigenvalue weighted by Crippen LogP contribution is -2.57. The summed E-state index contributed by atoms with van der Waals surface area (Å²) in [7, 11) is 0. The Morgan fingerprint density at radius 2 is 1.96 bits per heavy atom. The lowest BCUT2D eigenvalue weighted by atomic mass is 10.0. The fraction of sp³-hybridized carbons (Fsp3) is 0.500. The zero-order valence-corrected chi connectivity index (χ0v) is 13.0. The van der Waals surface area contributed by atoms with Crippen molar-refractivity contribution in [3.05, 3.63) is 35.4 Å². The van der Waals surface area contributed by atoms with Gasteiger partial charge in [0.25, 0.3) is 5.72 Å². The number of carbonyl (C=O) groups excluding carboxylic acids is 1. The zero-order chi connectivity index (χ0) is 17.3. The van der Waals surface area contributed by atoms with E-state index in [-0.39, 0.29) is 17.1 Å². The van der Waals surface area contributed by atoms with E-state index in [1.807, 2.05) is 6.92 Å². The normalized spacial score (nSPS) is 21.5. The fourth-order valence-corrected chi connectivity index (χ4v) is 2.48. The number of hydrazone groups is 1. The van der Waals surface area contributed by atoms with Crippen LogP contribution in [0.3, 0.4) is 0 Å². The Morgan fingerprint density at radius 3 is 2.48 bits per heavy atom. The summed E-state index contributed by atoms with van der Waals surface area (Å²) in [6.07, 6.45) is -5.00. The third-order valence-electron chi connectivity index (χ3n) is 3.75. The number of nitrogens with zero attached hydrogens (tertiary/aromatic N) is 2. The standard InChI is InChI=1S/C16H19F3N2O2/c1-3-4-13-10-15(23,16(17,18)19)21(20-13)14(22)9-12-7-5-11(2)6-8-12/h5-8,23H,3-4,9-10H2,1-2H3/t15-/m1/s1. The molecule has 1 heterocycles. The minimum absolute atomic E-state index is 0.185. The Bertz CT molecular complexity index is 611. The maximum Gasteiger partial charge on any atom is 0.438 e. The van der Waals surface area contributed by atoms with E-state index >= 15 is 0 Å². The predicted molar refractivity (Wildman–Crippen MR) is 79.7 cm³/mol. The summed E-state index contributed by atoms with van der Waals surface area (Å²) in [5, 5.41) is 14.0. The molecular weight excluding hydrogens is 309 g/mol. The largest absolute Gasteiger partial charge is 0.438 e. The maximum absolute atomic E-state index is 13.2. The number of amides is 1. The first kappa shape index (κ1) is 17.5. The molecule has 0 aromatic heterocycles. The highest BCUT2D eigenvalue weighted by molar-refractivity contribution is 5.91. The number of carbonyl (C=O) groups is 1. The Labute approximate surface area is 132 Å². The minimum Gasteiger partial charge on any atom is -0.362 e. The summed E-state index contributed by atoms with van der Waals surface area (Å²) >= 11 is 0. The molecule has 0 radical (unpaired) electrons. The van der Waals surface area contributed by atoms with E-state index in [1.54, 1.807) is 31.2 Å². The maximum atomic E-state index is 13.2. The summed E-state index contributed by atoms with van der Waals surface area (Å²) in [6, 6.07) is 6.89. The van der Waals surface area contributed by atoms with Gasteiger partial charge in [-0.1, -0.05) is 43.2 Å². The summed E-state index contributed by atoms with van der Waals surface area (Å²) in [5.74, 6) is -0.875. The molecule has 0 fully saturated rings. The first-order valence-electron chi connectivity index (χ1n) is 7.41. The van der Waals surface area contributed by atoms with Gasteiger partial charge in [-0.15, -0.1) is 0 Å². The van der Waals surface area contributed by atoms with Crippen LogP contribution >= 0.6 is 0 Å². The van der Waals surface area contributed by atoms with Crippen molar-refractivity contribution in [1.29, 1.82) is 0 Å². The van der Waals surface area contributed by atoms with Gasteiger partial charge in [-0.05, 0) is 18.9 Å². The van der Waals surface area contributed by atoms with Gasteiger partial charge in [0.2, 0.25) is 5.91 Å². The van der Waals surface area contributed by atoms with E-state index < -0.39 is 24.2 Å². The van der Waals surface area contributed by atoms with Gasteiger partial charge in [0.05, 0.1) is 6.42 Å². The SMILES string of the molecule is CCCC1=NN(C(=O)Cc2ccc(C)cc2)[C@](O)(C(F)(F)F)C1. The van der Waals surface area contributed by atoms with Crippen molar-refractivity contribution < 1.29 is 23.1 Å². The molecule has 0 saturated heterocycles. The van der Waals surface area contributed by atoms with Crippen LogP contribution in [0.5, 0.6) is 0 Å². The van der Waals surface area contributed by atoms with Gasteiger partial charge in [0, 0.05) is 12.1 Å². The molecule has 0 unspecified atom stereocenters. The molecule has 0 saturated carbocycles. The van der Waals surface area contributed by atoms with E-state index in [2.05, 4.69) is 5.10 Å². The monoisotopic (exact) mass is 328 g/mol. The molecule has 7 heteroatoms. The van der Waals surface area contributed by atoms with Gasteiger partial charge in [0.15, 0.2) is 0 Å². The molecular formula is C16H19F3N2O2. The van der Waals surface area contributed by atoms with Crippen LogP contribution in [-0.4, -0.2) is 33.6 Å². The Kier molecular flexibility index (Phi) is 4.79. The molecule has 2 rings (SSSR count). The van der Waals surface area contributed by atoms with Gasteiger partial charge in [-0.3, -0.25) is 4.79 Å². The number of hydrogen-bond donors (Lipinski definition) is 1. The highest BCUT2D eigenvalue weighted by atomic mass is 19.4. The summed E-state index contributed by atoms with van der Waals surface area (Å²) in [5.41, 5.74) is -1.51. The molecule has 1 atom stereocenters. The topological polar surface area (TPSA) is 52.9 Å². The molecule has 0 spiro atoms. The molecule has 1 aliphatic rings. The quantitative estimate of drug-likeness (QED) is 0.923. The van der Waals surface area contributed by atoms with Crippen molar-refractivity contribution in [2.45, 2.75) is 51.4 Å². The Balaban J connectivity index is 2.25. The third kappa shape index (κ3) is 3.55. The number of halogens is 3. The van der Waals surface area contributed by atoms with E-state index in [4.69, 9.17) is 0 Å². The Morgan fingerprint density at radius 1 is 1.35 bits per heavy atom. The molecule has 23 heavy (non-hydrogen) atoms. The van der Waals surface area contributed by atoms with Gasteiger partial charge in [-0.2, -0.15) is 23.3 Å². The highest BCUT2D eigenvalue weighted by Gasteiger charge is 2.62. The molecule has 0 aliphatic carbocycles. The third-order valence-corrected chi connectivity index (χ3v) is 3.75. The van der Waals surface area contributed by atoms with Crippen LogP contribution in [0.15, 0.2) is 29.4 Å². The minimum atomic E-state index is -4.96. The fourth-order valence-electron chi connectivity index (χ4n) is 2.48. The Hall–Kier alpha value is -1.89. The van der Waals surface area contributed by atoms with E-state index in [0.29, 0.717) is 18.4 Å². The van der Waals surface area contributed by atoms with Gasteiger partial charge in [0.1, 0.15) is 0 Å². The average molecular weight is 328 g/mol. The van der Waals surface area contributed by atoms with E-state index in [0.717, 1.165) is 5.56 Å². The number of aryl methyl sites for hydroxylation is 1. The van der Waals surface area contributed by atoms with Crippen molar-refractivity contribution >= 4 is 11.6 Å². The number of aliphatic hydroxyl groups is 1. The molecule has 0 bridgehead atoms. The second-order valence-corrected chi connectivity index (χ2v) is 5.78. The lowest BCUT2D eigenvalue weighted by molar-refractivity contribution is -0.302. The van der Waals surface area contributed by atoms with Crippen LogP contribution in [0.2, 0.25) is 0 Å². The van der Waals surface area contributed by atoms with Crippen molar-refractivity contribution in [3.63, 3.8) is 0 Å². The second kappa shape index (κ2) is 6.31. The predicted octanol–water partition coefficient (Wildman–Crippen LogP) is 3.18. The van der Waals surface area contributed by atoms with Crippen molar-refractivity contribution in [2.75, 3.05) is 0 Å². The molecule has 1 aliphatic heterocycles. The smallest absolute Gasteiger partial charge is 0.362 e. The van der Waals surface area contributed by atoms with Crippen molar-refractivity contribution in [3.8, 4) is 0 Å². The lowest BCUT2D eigenvalue weighted by Gasteiger charge is -2.32. The summed E-state index contributed by atoms with van der Waals surface area (Å²) < 4.78 is 39.7. The number of rotatable bonds is 4. The number of alkyl halides is 3. The van der Waals surface area contributed by atoms with Crippen LogP contribution in [0.1, 0.15) is 37.3 Å². The van der Waals surface area contributed by atoms with Crippen LogP contribution in [0.4, 0.5) is 13.2 Å². The number of benzene rings is 1. The number of hydrogen-bond acceptors (Lipinski definition) is 3. The van der Waals surface area contributed by atoms with Gasteiger partial charge < -0.3 is 5.11 Å². The first-order chi connectivity index (χ1) is 10.7. The summed E-state index contributed by atoms with van der Waals surface area (Å²) in [6.45, 7) is 3.67. The van der Waals surface area contributed by atoms with E-state index in [9.17, 15) is 23.1 Å². The molecule has 4 nitrogen and oxygen atoms in total. The van der Waals surface area contributed by atoms with E-state index in [1.165, 1.54) is 0 Å². The van der Waals surface area contributed by atoms with Gasteiger partial charge in [-0.25, -0.2) is 0 Å². The first-order valence-corrected chi connectivity index (χ1v) is 7.41. The molecule has 1 amide bonds. The summed E-state index contributed by atoms with van der Waals surface area (Å²) in [4.78, 5) is 12.3. The van der Waals surface area contributed by atoms with Gasteiger partial charge >= 0.3 is 6.18 Å². The zero-order valence-electron chi connectivity index (χ0n) is 13.0. The van der Waals surface area contributed by atoms with Crippen LogP contribution < -0.4 is 0 Å². The second-order valence-electron chi connectivity index (χ2n) is 5.78. The van der Waals surface area contributed by atoms with Crippen LogP contribution in [0, 0.1) is 6.92 Å². The van der Waals surface area contributed by atoms with Crippen LogP contribution in [0.25, 0.3) is 0 Å². The highest BCUT2D eigenvalue weighted by Crippen LogP contribution is 2.41. The van der Waals surface area contributed by atoms with Crippen molar-refractivity contribution in [1.82, 2.24) is 5.01 Å². The molecule has 1 aromatic carbocycles. The molecule has 126 valence electrons.